The van der Waals surface area contributed by atoms with Crippen molar-refractivity contribution in [3.63, 3.8) is 0 Å². The van der Waals surface area contributed by atoms with Crippen LogP contribution in [0.3, 0.4) is 0 Å². The second kappa shape index (κ2) is 6.08. The van der Waals surface area contributed by atoms with Gasteiger partial charge in [-0.2, -0.15) is 0 Å². The van der Waals surface area contributed by atoms with Gasteiger partial charge in [-0.05, 0) is 29.8 Å². The molecule has 0 heterocycles. The molecule has 0 saturated carbocycles. The number of hydrogen-bond donors (Lipinski definition) is 1. The largest absolute Gasteiger partial charge is 0.488 e. The number of hydrogen-bond acceptors (Lipinski definition) is 2. The Morgan fingerprint density at radius 2 is 1.64 bits per heavy atom. The molecule has 22 heavy (non-hydrogen) atoms. The Balaban J connectivity index is 1.82. The molecule has 3 rings (SSSR count). The van der Waals surface area contributed by atoms with Crippen LogP contribution in [0.25, 0.3) is 10.8 Å². The van der Waals surface area contributed by atoms with Gasteiger partial charge in [0, 0.05) is 15.8 Å². The van der Waals surface area contributed by atoms with Crippen LogP contribution in [0, 0.1) is 0 Å². The van der Waals surface area contributed by atoms with Gasteiger partial charge in [-0.25, -0.2) is 4.79 Å². The smallest absolute Gasteiger partial charge is 0.335 e. The van der Waals surface area contributed by atoms with E-state index in [9.17, 15) is 4.79 Å². The third-order valence-corrected chi connectivity index (χ3v) is 3.76. The summed E-state index contributed by atoms with van der Waals surface area (Å²) >= 11 is 6.18. The molecule has 0 atom stereocenters. The van der Waals surface area contributed by atoms with E-state index in [4.69, 9.17) is 21.4 Å². The van der Waals surface area contributed by atoms with Crippen molar-refractivity contribution < 1.29 is 14.6 Å². The Bertz CT molecular complexity index is 825. The quantitative estimate of drug-likeness (QED) is 0.754. The maximum absolute atomic E-state index is 10.8. The minimum Gasteiger partial charge on any atom is -0.488 e. The Hall–Kier alpha value is -2.52. The Kier molecular flexibility index (Phi) is 3.98. The van der Waals surface area contributed by atoms with Gasteiger partial charge >= 0.3 is 5.97 Å². The van der Waals surface area contributed by atoms with E-state index in [0.717, 1.165) is 22.1 Å². The lowest BCUT2D eigenvalue weighted by Crippen LogP contribution is -1.99. The molecule has 110 valence electrons. The molecule has 0 aromatic heterocycles. The molecular formula is C18H13ClO3. The van der Waals surface area contributed by atoms with E-state index in [0.29, 0.717) is 11.6 Å². The van der Waals surface area contributed by atoms with E-state index >= 15 is 0 Å². The van der Waals surface area contributed by atoms with Crippen molar-refractivity contribution >= 4 is 28.3 Å². The average Bonchev–Trinajstić information content (AvgIpc) is 2.55. The molecule has 0 spiro atoms. The zero-order valence-corrected chi connectivity index (χ0v) is 12.4. The van der Waals surface area contributed by atoms with Crippen LogP contribution in [-0.2, 0) is 6.61 Å². The Morgan fingerprint density at radius 1 is 0.955 bits per heavy atom. The first-order chi connectivity index (χ1) is 10.6. The highest BCUT2D eigenvalue weighted by atomic mass is 35.5. The third-order valence-electron chi connectivity index (χ3n) is 3.43. The molecule has 4 heteroatoms. The predicted octanol–water partition coefficient (Wildman–Crippen LogP) is 4.77. The van der Waals surface area contributed by atoms with Gasteiger partial charge in [-0.1, -0.05) is 48.0 Å². The number of benzene rings is 3. The van der Waals surface area contributed by atoms with Gasteiger partial charge in [-0.15, -0.1) is 0 Å². The molecule has 0 fully saturated rings. The van der Waals surface area contributed by atoms with Gasteiger partial charge in [0.2, 0.25) is 0 Å². The molecule has 0 amide bonds. The van der Waals surface area contributed by atoms with Crippen LogP contribution in [0.15, 0.2) is 60.7 Å². The topological polar surface area (TPSA) is 46.5 Å². The fourth-order valence-electron chi connectivity index (χ4n) is 2.27. The molecule has 0 radical (unpaired) electrons. The molecule has 0 bridgehead atoms. The van der Waals surface area contributed by atoms with Crippen LogP contribution in [0.5, 0.6) is 5.75 Å². The number of carboxylic acid groups (broad SMARTS) is 1. The van der Waals surface area contributed by atoms with Crippen molar-refractivity contribution in [2.24, 2.45) is 0 Å². The lowest BCUT2D eigenvalue weighted by atomic mass is 10.1. The van der Waals surface area contributed by atoms with E-state index in [1.807, 2.05) is 36.4 Å². The van der Waals surface area contributed by atoms with Gasteiger partial charge in [0.15, 0.2) is 0 Å². The summed E-state index contributed by atoms with van der Waals surface area (Å²) < 4.78 is 5.85. The third kappa shape index (κ3) is 2.90. The second-order valence-electron chi connectivity index (χ2n) is 4.88. The standard InChI is InChI=1S/C18H13ClO3/c19-16-9-10-17(15-4-2-1-3-14(15)16)22-11-12-5-7-13(8-6-12)18(20)21/h1-10H,11H2,(H,20,21). The van der Waals surface area contributed by atoms with Gasteiger partial charge in [-0.3, -0.25) is 0 Å². The van der Waals surface area contributed by atoms with Gasteiger partial charge in [0.1, 0.15) is 12.4 Å². The molecule has 0 saturated heterocycles. The van der Waals surface area contributed by atoms with E-state index in [-0.39, 0.29) is 5.56 Å². The normalized spacial score (nSPS) is 10.6. The van der Waals surface area contributed by atoms with Crippen LogP contribution < -0.4 is 4.74 Å². The zero-order chi connectivity index (χ0) is 15.5. The monoisotopic (exact) mass is 312 g/mol. The minimum atomic E-state index is -0.934. The Labute approximate surface area is 132 Å². The maximum Gasteiger partial charge on any atom is 0.335 e. The number of rotatable bonds is 4. The van der Waals surface area contributed by atoms with Gasteiger partial charge in [0.25, 0.3) is 0 Å². The summed E-state index contributed by atoms with van der Waals surface area (Å²) in [6, 6.07) is 18.1. The summed E-state index contributed by atoms with van der Waals surface area (Å²) in [6.07, 6.45) is 0. The van der Waals surface area contributed by atoms with Crippen LogP contribution in [0.1, 0.15) is 15.9 Å². The summed E-state index contributed by atoms with van der Waals surface area (Å²) in [5.74, 6) is -0.182. The highest BCUT2D eigenvalue weighted by Gasteiger charge is 2.06. The van der Waals surface area contributed by atoms with E-state index < -0.39 is 5.97 Å². The number of carboxylic acids is 1. The highest BCUT2D eigenvalue weighted by Crippen LogP contribution is 2.31. The molecule has 0 aliphatic carbocycles. The van der Waals surface area contributed by atoms with Crippen molar-refractivity contribution in [3.8, 4) is 5.75 Å². The number of fused-ring (bicyclic) bond motifs is 1. The number of halogens is 1. The SMILES string of the molecule is O=C(O)c1ccc(COc2ccc(Cl)c3ccccc23)cc1. The first-order valence-corrected chi connectivity index (χ1v) is 7.15. The van der Waals surface area contributed by atoms with Crippen LogP contribution in [-0.4, -0.2) is 11.1 Å². The summed E-state index contributed by atoms with van der Waals surface area (Å²) in [5, 5.41) is 11.5. The molecule has 0 unspecified atom stereocenters. The molecule has 0 aliphatic rings. The average molecular weight is 313 g/mol. The molecule has 3 aromatic rings. The Morgan fingerprint density at radius 3 is 2.32 bits per heavy atom. The van der Waals surface area contributed by atoms with Crippen LogP contribution in [0.4, 0.5) is 0 Å². The van der Waals surface area contributed by atoms with E-state index in [1.165, 1.54) is 0 Å². The molecule has 3 aromatic carbocycles. The van der Waals surface area contributed by atoms with E-state index in [2.05, 4.69) is 0 Å². The number of ether oxygens (including phenoxy) is 1. The molecule has 0 aliphatic heterocycles. The minimum absolute atomic E-state index is 0.265. The van der Waals surface area contributed by atoms with Crippen molar-refractivity contribution in [1.29, 1.82) is 0 Å². The first-order valence-electron chi connectivity index (χ1n) is 6.77. The first kappa shape index (κ1) is 14.4. The van der Waals surface area contributed by atoms with Gasteiger partial charge < -0.3 is 9.84 Å². The van der Waals surface area contributed by atoms with Crippen molar-refractivity contribution in [1.82, 2.24) is 0 Å². The van der Waals surface area contributed by atoms with Gasteiger partial charge in [0.05, 0.1) is 5.56 Å². The lowest BCUT2D eigenvalue weighted by molar-refractivity contribution is 0.0697. The maximum atomic E-state index is 10.8. The second-order valence-corrected chi connectivity index (χ2v) is 5.29. The molecule has 3 nitrogen and oxygen atoms in total. The van der Waals surface area contributed by atoms with Crippen molar-refractivity contribution in [2.45, 2.75) is 6.61 Å². The van der Waals surface area contributed by atoms with Crippen molar-refractivity contribution in [3.05, 3.63) is 76.8 Å². The summed E-state index contributed by atoms with van der Waals surface area (Å²) in [7, 11) is 0. The van der Waals surface area contributed by atoms with Crippen LogP contribution >= 0.6 is 11.6 Å². The molecule has 1 N–H and O–H groups in total. The van der Waals surface area contributed by atoms with Crippen LogP contribution in [0.2, 0.25) is 5.02 Å². The molecular weight excluding hydrogens is 300 g/mol. The summed E-state index contributed by atoms with van der Waals surface area (Å²) in [6.45, 7) is 0.367. The summed E-state index contributed by atoms with van der Waals surface area (Å²) in [4.78, 5) is 10.8. The highest BCUT2D eigenvalue weighted by molar-refractivity contribution is 6.35. The van der Waals surface area contributed by atoms with Crippen molar-refractivity contribution in [2.75, 3.05) is 0 Å². The fraction of sp³-hybridized carbons (Fsp3) is 0.0556. The number of aromatic carboxylic acids is 1. The summed E-state index contributed by atoms with van der Waals surface area (Å²) in [5.41, 5.74) is 1.17. The lowest BCUT2D eigenvalue weighted by Gasteiger charge is -2.10. The predicted molar refractivity (Wildman–Crippen MR) is 86.7 cm³/mol. The fourth-order valence-corrected chi connectivity index (χ4v) is 2.49. The number of carbonyl (C=O) groups is 1. The zero-order valence-electron chi connectivity index (χ0n) is 11.6. The van der Waals surface area contributed by atoms with E-state index in [1.54, 1.807) is 24.3 Å².